The summed E-state index contributed by atoms with van der Waals surface area (Å²) in [5, 5.41) is 0. The third-order valence-corrected chi connectivity index (χ3v) is 0.628. The molecule has 38 valence electrons. The lowest BCUT2D eigenvalue weighted by molar-refractivity contribution is 0.120. The van der Waals surface area contributed by atoms with Crippen LogP contribution in [0.5, 0.6) is 0 Å². The predicted octanol–water partition coefficient (Wildman–Crippen LogP) is 1.58. The third kappa shape index (κ3) is 1.31. The molecule has 1 saturated carbocycles. The van der Waals surface area contributed by atoms with Gasteiger partial charge in [0, 0.05) is 12.8 Å². The van der Waals surface area contributed by atoms with E-state index in [9.17, 15) is 8.78 Å². The molecule has 0 bridgehead atoms. The number of hydrogen-bond acceptors (Lipinski definition) is 1. The summed E-state index contributed by atoms with van der Waals surface area (Å²) in [4.78, 5) is 0. The minimum atomic E-state index is -2.25. The Morgan fingerprint density at radius 3 is 1.33 bits per heavy atom. The summed E-state index contributed by atoms with van der Waals surface area (Å²) in [7, 11) is 0. The van der Waals surface area contributed by atoms with E-state index >= 15 is 0 Å². The standard InChI is InChI=1S/C3H4F2.H3N/c4-3(5)1-2-3;/h1-2H2;1H3. The molecule has 0 spiro atoms. The van der Waals surface area contributed by atoms with Crippen LogP contribution in [0.4, 0.5) is 8.78 Å². The summed E-state index contributed by atoms with van der Waals surface area (Å²) >= 11 is 0. The molecule has 0 aromatic rings. The van der Waals surface area contributed by atoms with Gasteiger partial charge in [-0.3, -0.25) is 0 Å². The van der Waals surface area contributed by atoms with Crippen molar-refractivity contribution >= 4 is 0 Å². The highest BCUT2D eigenvalue weighted by atomic mass is 19.3. The summed E-state index contributed by atoms with van der Waals surface area (Å²) in [6.07, 6.45) is 0.236. The molecule has 3 N–H and O–H groups in total. The number of hydrogen-bond donors (Lipinski definition) is 1. The van der Waals surface area contributed by atoms with Gasteiger partial charge in [-0.15, -0.1) is 0 Å². The molecule has 0 aromatic carbocycles. The molecule has 1 aliphatic carbocycles. The van der Waals surface area contributed by atoms with Crippen LogP contribution in [0.25, 0.3) is 0 Å². The molecule has 0 radical (unpaired) electrons. The quantitative estimate of drug-likeness (QED) is 0.487. The molecular weight excluding hydrogens is 88.0 g/mol. The van der Waals surface area contributed by atoms with E-state index in [4.69, 9.17) is 0 Å². The topological polar surface area (TPSA) is 35.0 Å². The smallest absolute Gasteiger partial charge is 0.248 e. The first-order chi connectivity index (χ1) is 2.21. The molecule has 1 rings (SSSR count). The second-order valence-corrected chi connectivity index (χ2v) is 1.36. The highest BCUT2D eigenvalue weighted by molar-refractivity contribution is 4.81. The normalized spacial score (nSPS) is 25.0. The first-order valence-electron chi connectivity index (χ1n) is 1.59. The Balaban J connectivity index is 0.000000250. The van der Waals surface area contributed by atoms with Crippen LogP contribution in [0.2, 0.25) is 0 Å². The maximum Gasteiger partial charge on any atom is 0.248 e. The second kappa shape index (κ2) is 1.15. The molecule has 3 heteroatoms. The van der Waals surface area contributed by atoms with Crippen molar-refractivity contribution in [3.05, 3.63) is 0 Å². The first kappa shape index (κ1) is 5.82. The van der Waals surface area contributed by atoms with Crippen LogP contribution in [-0.4, -0.2) is 5.92 Å². The zero-order chi connectivity index (χ0) is 3.91. The molecule has 1 aliphatic rings. The van der Waals surface area contributed by atoms with E-state index in [1.54, 1.807) is 0 Å². The summed E-state index contributed by atoms with van der Waals surface area (Å²) in [6.45, 7) is 0. The van der Waals surface area contributed by atoms with Crippen molar-refractivity contribution in [1.29, 1.82) is 0 Å². The Morgan fingerprint density at radius 2 is 1.33 bits per heavy atom. The third-order valence-electron chi connectivity index (χ3n) is 0.628. The summed E-state index contributed by atoms with van der Waals surface area (Å²) in [5.74, 6) is -2.25. The van der Waals surface area contributed by atoms with Gasteiger partial charge in [-0.25, -0.2) is 8.78 Å². The maximum absolute atomic E-state index is 11.1. The molecule has 0 atom stereocenters. The molecule has 0 aliphatic heterocycles. The Bertz CT molecular complexity index is 46.8. The van der Waals surface area contributed by atoms with E-state index in [2.05, 4.69) is 0 Å². The Kier molecular flexibility index (Phi) is 1.12. The van der Waals surface area contributed by atoms with Gasteiger partial charge in [0.15, 0.2) is 0 Å². The van der Waals surface area contributed by atoms with Gasteiger partial charge >= 0.3 is 0 Å². The summed E-state index contributed by atoms with van der Waals surface area (Å²) in [6, 6.07) is 0. The van der Waals surface area contributed by atoms with Crippen LogP contribution in [0, 0.1) is 0 Å². The SMILES string of the molecule is FC1(F)CC1.N. The van der Waals surface area contributed by atoms with Crippen LogP contribution in [0.15, 0.2) is 0 Å². The van der Waals surface area contributed by atoms with Crippen LogP contribution < -0.4 is 6.15 Å². The molecule has 0 heterocycles. The van der Waals surface area contributed by atoms with Crippen molar-refractivity contribution in [1.82, 2.24) is 6.15 Å². The zero-order valence-electron chi connectivity index (χ0n) is 3.38. The van der Waals surface area contributed by atoms with Crippen molar-refractivity contribution < 1.29 is 8.78 Å². The van der Waals surface area contributed by atoms with Gasteiger partial charge in [-0.2, -0.15) is 0 Å². The van der Waals surface area contributed by atoms with Crippen molar-refractivity contribution in [3.63, 3.8) is 0 Å². The zero-order valence-corrected chi connectivity index (χ0v) is 3.38. The lowest BCUT2D eigenvalue weighted by Gasteiger charge is -1.76. The van der Waals surface area contributed by atoms with Gasteiger partial charge in [0.1, 0.15) is 0 Å². The van der Waals surface area contributed by atoms with Crippen LogP contribution in [0.3, 0.4) is 0 Å². The lowest BCUT2D eigenvalue weighted by atomic mass is 10.8. The van der Waals surface area contributed by atoms with E-state index in [-0.39, 0.29) is 19.0 Å². The van der Waals surface area contributed by atoms with Crippen molar-refractivity contribution in [2.45, 2.75) is 18.8 Å². The fourth-order valence-corrected chi connectivity index (χ4v) is 0.0945. The van der Waals surface area contributed by atoms with E-state index in [1.165, 1.54) is 0 Å². The molecule has 1 fully saturated rings. The van der Waals surface area contributed by atoms with Crippen molar-refractivity contribution in [2.75, 3.05) is 0 Å². The maximum atomic E-state index is 11.1. The van der Waals surface area contributed by atoms with Crippen molar-refractivity contribution in [2.24, 2.45) is 0 Å². The fraction of sp³-hybridized carbons (Fsp3) is 1.00. The highest BCUT2D eigenvalue weighted by Gasteiger charge is 2.43. The van der Waals surface area contributed by atoms with Gasteiger partial charge in [0.2, 0.25) is 5.92 Å². The highest BCUT2D eigenvalue weighted by Crippen LogP contribution is 2.40. The molecule has 1 nitrogen and oxygen atoms in total. The van der Waals surface area contributed by atoms with Gasteiger partial charge in [0.25, 0.3) is 0 Å². The first-order valence-corrected chi connectivity index (χ1v) is 1.59. The van der Waals surface area contributed by atoms with E-state index in [0.717, 1.165) is 0 Å². The van der Waals surface area contributed by atoms with Gasteiger partial charge in [-0.05, 0) is 0 Å². The minimum Gasteiger partial charge on any atom is -0.344 e. The van der Waals surface area contributed by atoms with Crippen molar-refractivity contribution in [3.8, 4) is 0 Å². The van der Waals surface area contributed by atoms with Crippen LogP contribution >= 0.6 is 0 Å². The van der Waals surface area contributed by atoms with Gasteiger partial charge in [0.05, 0.1) is 0 Å². The van der Waals surface area contributed by atoms with E-state index in [0.29, 0.717) is 0 Å². The summed E-state index contributed by atoms with van der Waals surface area (Å²) in [5.41, 5.74) is 0. The summed E-state index contributed by atoms with van der Waals surface area (Å²) < 4.78 is 22.3. The number of alkyl halides is 2. The van der Waals surface area contributed by atoms with E-state index in [1.807, 2.05) is 0 Å². The van der Waals surface area contributed by atoms with Crippen LogP contribution in [0.1, 0.15) is 12.8 Å². The van der Waals surface area contributed by atoms with Crippen LogP contribution in [-0.2, 0) is 0 Å². The Hall–Kier alpha value is -0.180. The second-order valence-electron chi connectivity index (χ2n) is 1.36. The molecule has 6 heavy (non-hydrogen) atoms. The van der Waals surface area contributed by atoms with Gasteiger partial charge < -0.3 is 6.15 Å². The average molecular weight is 95.1 g/mol. The Morgan fingerprint density at radius 1 is 1.17 bits per heavy atom. The molecule has 0 amide bonds. The average Bonchev–Trinajstić information content (AvgIpc) is 1.76. The molecule has 0 aromatic heterocycles. The predicted molar refractivity (Wildman–Crippen MR) is 19.2 cm³/mol. The lowest BCUT2D eigenvalue weighted by Crippen LogP contribution is -1.79. The van der Waals surface area contributed by atoms with Gasteiger partial charge in [-0.1, -0.05) is 0 Å². The number of rotatable bonds is 0. The molecular formula is C3H7F2N. The van der Waals surface area contributed by atoms with E-state index < -0.39 is 5.92 Å². The number of halogens is 2. The molecule has 0 unspecified atom stereocenters. The monoisotopic (exact) mass is 95.1 g/mol. The largest absolute Gasteiger partial charge is 0.344 e. The Labute approximate surface area is 34.9 Å². The molecule has 0 saturated heterocycles. The minimum absolute atomic E-state index is 0. The fourth-order valence-electron chi connectivity index (χ4n) is 0.0945.